The van der Waals surface area contributed by atoms with Gasteiger partial charge in [0.1, 0.15) is 16.5 Å². The minimum Gasteiger partial charge on any atom is -0.379 e. The summed E-state index contributed by atoms with van der Waals surface area (Å²) >= 11 is 3.70. The Morgan fingerprint density at radius 2 is 2.11 bits per heavy atom. The molecule has 0 bridgehead atoms. The predicted octanol–water partition coefficient (Wildman–Crippen LogP) is 4.27. The summed E-state index contributed by atoms with van der Waals surface area (Å²) in [5.74, 6) is 2.04. The highest BCUT2D eigenvalue weighted by molar-refractivity contribution is 7.19. The smallest absolute Gasteiger partial charge is 0.146 e. The second-order valence-corrected chi connectivity index (χ2v) is 9.75. The lowest BCUT2D eigenvalue weighted by Crippen LogP contribution is -2.36. The number of morpholine rings is 1. The lowest BCUT2D eigenvalue weighted by atomic mass is 10.1. The van der Waals surface area contributed by atoms with E-state index in [0.29, 0.717) is 6.04 Å². The molecule has 1 aliphatic carbocycles. The van der Waals surface area contributed by atoms with Crippen molar-refractivity contribution in [1.29, 1.82) is 0 Å². The second kappa shape index (κ2) is 7.71. The number of hydrogen-bond donors (Lipinski definition) is 0. The zero-order chi connectivity index (χ0) is 19.1. The summed E-state index contributed by atoms with van der Waals surface area (Å²) in [6.45, 7) is 6.59. The van der Waals surface area contributed by atoms with Crippen LogP contribution in [0.25, 0.3) is 10.2 Å². The van der Waals surface area contributed by atoms with Crippen molar-refractivity contribution in [3.8, 4) is 0 Å². The third-order valence-electron chi connectivity index (χ3n) is 5.93. The molecule has 0 radical (unpaired) electrons. The number of aryl methyl sites for hydroxylation is 2. The Morgan fingerprint density at radius 1 is 1.25 bits per heavy atom. The van der Waals surface area contributed by atoms with Crippen LogP contribution in [0.2, 0.25) is 0 Å². The van der Waals surface area contributed by atoms with Crippen LogP contribution in [0.1, 0.15) is 40.5 Å². The topological polar surface area (TPSA) is 41.5 Å². The Labute approximate surface area is 174 Å². The Morgan fingerprint density at radius 3 is 2.89 bits per heavy atom. The van der Waals surface area contributed by atoms with E-state index in [1.165, 1.54) is 38.4 Å². The first-order valence-corrected chi connectivity index (χ1v) is 11.8. The maximum atomic E-state index is 5.50. The van der Waals surface area contributed by atoms with E-state index in [1.807, 2.05) is 22.7 Å². The predicted molar refractivity (Wildman–Crippen MR) is 117 cm³/mol. The molecule has 0 saturated carbocycles. The van der Waals surface area contributed by atoms with Gasteiger partial charge in [-0.3, -0.25) is 4.90 Å². The maximum absolute atomic E-state index is 5.50. The fraction of sp³-hybridized carbons (Fsp3) is 0.524. The van der Waals surface area contributed by atoms with Gasteiger partial charge >= 0.3 is 0 Å². The summed E-state index contributed by atoms with van der Waals surface area (Å²) < 4.78 is 5.50. The van der Waals surface area contributed by atoms with E-state index in [0.717, 1.165) is 50.9 Å². The van der Waals surface area contributed by atoms with Crippen LogP contribution in [0, 0.1) is 0 Å². The molecule has 3 aromatic rings. The van der Waals surface area contributed by atoms with Crippen molar-refractivity contribution >= 4 is 38.7 Å². The Bertz CT molecular complexity index is 963. The molecule has 0 unspecified atom stereocenters. The van der Waals surface area contributed by atoms with Gasteiger partial charge in [-0.15, -0.1) is 22.7 Å². The van der Waals surface area contributed by atoms with Crippen LogP contribution in [0.5, 0.6) is 0 Å². The molecule has 0 amide bonds. The Kier molecular flexibility index (Phi) is 5.09. The molecule has 1 fully saturated rings. The fourth-order valence-electron chi connectivity index (χ4n) is 4.21. The lowest BCUT2D eigenvalue weighted by Gasteiger charge is -2.28. The van der Waals surface area contributed by atoms with Crippen LogP contribution in [-0.4, -0.2) is 48.2 Å². The summed E-state index contributed by atoms with van der Waals surface area (Å²) in [4.78, 5) is 18.9. The SMILES string of the molecule is C[C@@H](c1cccs1)N(C)c1nc(CN2CCOCC2)nc2sc3c(c12)CCC3. The molecule has 5 rings (SSSR count). The van der Waals surface area contributed by atoms with Gasteiger partial charge in [-0.2, -0.15) is 0 Å². The number of thiophene rings is 2. The first-order chi connectivity index (χ1) is 13.7. The van der Waals surface area contributed by atoms with Crippen LogP contribution >= 0.6 is 22.7 Å². The number of ether oxygens (including phenoxy) is 1. The molecule has 4 heterocycles. The van der Waals surface area contributed by atoms with Gasteiger partial charge in [0.25, 0.3) is 0 Å². The van der Waals surface area contributed by atoms with Crippen LogP contribution in [0.15, 0.2) is 17.5 Å². The van der Waals surface area contributed by atoms with Crippen molar-refractivity contribution in [3.05, 3.63) is 38.7 Å². The van der Waals surface area contributed by atoms with E-state index >= 15 is 0 Å². The molecule has 0 spiro atoms. The molecule has 0 N–H and O–H groups in total. The van der Waals surface area contributed by atoms with Gasteiger partial charge in [-0.1, -0.05) is 6.07 Å². The third kappa shape index (κ3) is 3.34. The molecule has 28 heavy (non-hydrogen) atoms. The number of rotatable bonds is 5. The van der Waals surface area contributed by atoms with E-state index in [1.54, 1.807) is 0 Å². The second-order valence-electron chi connectivity index (χ2n) is 7.69. The average Bonchev–Trinajstić information content (AvgIpc) is 3.44. The number of fused-ring (bicyclic) bond motifs is 3. The number of hydrogen-bond acceptors (Lipinski definition) is 7. The minimum absolute atomic E-state index is 0.297. The first kappa shape index (κ1) is 18.5. The molecular weight excluding hydrogens is 388 g/mol. The monoisotopic (exact) mass is 414 g/mol. The first-order valence-electron chi connectivity index (χ1n) is 10.1. The zero-order valence-electron chi connectivity index (χ0n) is 16.5. The van der Waals surface area contributed by atoms with Gasteiger partial charge in [-0.05, 0) is 43.2 Å². The van der Waals surface area contributed by atoms with Crippen LogP contribution in [0.3, 0.4) is 0 Å². The summed E-state index contributed by atoms with van der Waals surface area (Å²) in [6.07, 6.45) is 3.62. The minimum atomic E-state index is 0.297. The van der Waals surface area contributed by atoms with Gasteiger partial charge < -0.3 is 9.64 Å². The molecule has 0 aromatic carbocycles. The zero-order valence-corrected chi connectivity index (χ0v) is 18.1. The quantitative estimate of drug-likeness (QED) is 0.624. The van der Waals surface area contributed by atoms with Crippen molar-refractivity contribution in [2.75, 3.05) is 38.3 Å². The third-order valence-corrected chi connectivity index (χ3v) is 8.16. The Hall–Kier alpha value is -1.54. The van der Waals surface area contributed by atoms with Gasteiger partial charge in [0.2, 0.25) is 0 Å². The lowest BCUT2D eigenvalue weighted by molar-refractivity contribution is 0.0331. The highest BCUT2D eigenvalue weighted by Gasteiger charge is 2.26. The fourth-order valence-corrected chi connectivity index (χ4v) is 6.31. The van der Waals surface area contributed by atoms with Crippen molar-refractivity contribution in [2.24, 2.45) is 0 Å². The molecule has 2 aliphatic rings. The van der Waals surface area contributed by atoms with Crippen LogP contribution in [0.4, 0.5) is 5.82 Å². The molecule has 1 atom stereocenters. The molecule has 3 aromatic heterocycles. The van der Waals surface area contributed by atoms with E-state index in [4.69, 9.17) is 14.7 Å². The van der Waals surface area contributed by atoms with Crippen molar-refractivity contribution in [2.45, 2.75) is 38.8 Å². The summed E-state index contributed by atoms with van der Waals surface area (Å²) in [5, 5.41) is 3.45. The van der Waals surface area contributed by atoms with E-state index in [2.05, 4.69) is 41.3 Å². The van der Waals surface area contributed by atoms with Crippen LogP contribution < -0.4 is 4.90 Å². The molecule has 1 aliphatic heterocycles. The average molecular weight is 415 g/mol. The van der Waals surface area contributed by atoms with E-state index in [9.17, 15) is 0 Å². The molecular formula is C21H26N4OS2. The van der Waals surface area contributed by atoms with Crippen molar-refractivity contribution in [3.63, 3.8) is 0 Å². The normalized spacial score (nSPS) is 18.5. The van der Waals surface area contributed by atoms with E-state index in [-0.39, 0.29) is 0 Å². The molecule has 5 nitrogen and oxygen atoms in total. The standard InChI is InChI=1S/C21H26N4OS2/c1-14(16-7-4-12-27-16)24(2)20-19-15-5-3-6-17(15)28-21(19)23-18(22-20)13-25-8-10-26-11-9-25/h4,7,12,14H,3,5-6,8-11,13H2,1-2H3/t14-/m0/s1. The maximum Gasteiger partial charge on any atom is 0.146 e. The van der Waals surface area contributed by atoms with Crippen molar-refractivity contribution in [1.82, 2.24) is 14.9 Å². The van der Waals surface area contributed by atoms with E-state index < -0.39 is 0 Å². The number of aromatic nitrogens is 2. The summed E-state index contributed by atoms with van der Waals surface area (Å²) in [6, 6.07) is 4.65. The van der Waals surface area contributed by atoms with Gasteiger partial charge in [0.05, 0.1) is 31.2 Å². The molecule has 1 saturated heterocycles. The summed E-state index contributed by atoms with van der Waals surface area (Å²) in [7, 11) is 2.18. The van der Waals surface area contributed by atoms with Gasteiger partial charge in [0, 0.05) is 29.9 Å². The highest BCUT2D eigenvalue weighted by Crippen LogP contribution is 2.42. The highest BCUT2D eigenvalue weighted by atomic mass is 32.1. The van der Waals surface area contributed by atoms with Crippen molar-refractivity contribution < 1.29 is 4.74 Å². The van der Waals surface area contributed by atoms with Gasteiger partial charge in [0.15, 0.2) is 0 Å². The Balaban J connectivity index is 1.56. The summed E-state index contributed by atoms with van der Waals surface area (Å²) in [5.41, 5.74) is 1.50. The molecule has 7 heteroatoms. The molecule has 148 valence electrons. The largest absolute Gasteiger partial charge is 0.379 e. The number of anilines is 1. The van der Waals surface area contributed by atoms with Gasteiger partial charge in [-0.25, -0.2) is 9.97 Å². The number of nitrogens with zero attached hydrogens (tertiary/aromatic N) is 4. The van der Waals surface area contributed by atoms with Crippen LogP contribution in [-0.2, 0) is 24.1 Å².